The second-order valence-corrected chi connectivity index (χ2v) is 5.74. The molecule has 2 aromatic rings. The first-order chi connectivity index (χ1) is 12.2. The van der Waals surface area contributed by atoms with E-state index in [2.05, 4.69) is 15.8 Å². The van der Waals surface area contributed by atoms with Gasteiger partial charge in [0.2, 0.25) is 5.91 Å². The van der Waals surface area contributed by atoms with Gasteiger partial charge in [0.15, 0.2) is 5.82 Å². The Morgan fingerprint density at radius 1 is 1.35 bits per heavy atom. The van der Waals surface area contributed by atoms with Crippen molar-refractivity contribution in [2.24, 2.45) is 0 Å². The van der Waals surface area contributed by atoms with Gasteiger partial charge in [-0.3, -0.25) is 4.79 Å². The van der Waals surface area contributed by atoms with E-state index >= 15 is 0 Å². The summed E-state index contributed by atoms with van der Waals surface area (Å²) in [6.07, 6.45) is -3.80. The molecule has 0 radical (unpaired) electrons. The van der Waals surface area contributed by atoms with Gasteiger partial charge >= 0.3 is 6.18 Å². The standard InChI is InChI=1S/C17H20F3N3O3/c1-4-7-25-14-6-5-12(17(18,19)20)9-13(14)21-11(3)16(24)22-15-8-10(2)26-23-15/h5-6,8-9,11,21H,4,7H2,1-3H3,(H,22,23,24). The van der Waals surface area contributed by atoms with Gasteiger partial charge < -0.3 is 19.9 Å². The summed E-state index contributed by atoms with van der Waals surface area (Å²) < 4.78 is 49.2. The molecule has 1 atom stereocenters. The first kappa shape index (κ1) is 19.6. The van der Waals surface area contributed by atoms with Crippen molar-refractivity contribution in [2.45, 2.75) is 39.4 Å². The Hall–Kier alpha value is -2.71. The lowest BCUT2D eigenvalue weighted by atomic mass is 10.1. The Kier molecular flexibility index (Phi) is 6.12. The van der Waals surface area contributed by atoms with E-state index in [1.807, 2.05) is 6.92 Å². The minimum atomic E-state index is -4.50. The van der Waals surface area contributed by atoms with Crippen LogP contribution in [0.25, 0.3) is 0 Å². The predicted octanol–water partition coefficient (Wildman–Crippen LogP) is 4.23. The zero-order chi connectivity index (χ0) is 19.3. The molecule has 142 valence electrons. The number of ether oxygens (including phenoxy) is 1. The number of alkyl halides is 3. The highest BCUT2D eigenvalue weighted by atomic mass is 19.4. The molecule has 1 aromatic heterocycles. The molecule has 0 bridgehead atoms. The number of nitrogens with one attached hydrogen (secondary N) is 2. The molecule has 0 fully saturated rings. The normalized spacial score (nSPS) is 12.5. The van der Waals surface area contributed by atoms with E-state index in [9.17, 15) is 18.0 Å². The van der Waals surface area contributed by atoms with E-state index in [4.69, 9.17) is 9.26 Å². The van der Waals surface area contributed by atoms with E-state index in [-0.39, 0.29) is 17.3 Å². The van der Waals surface area contributed by atoms with E-state index < -0.39 is 23.7 Å². The quantitative estimate of drug-likeness (QED) is 0.762. The number of hydrogen-bond acceptors (Lipinski definition) is 5. The van der Waals surface area contributed by atoms with Crippen molar-refractivity contribution in [3.63, 3.8) is 0 Å². The van der Waals surface area contributed by atoms with E-state index in [1.54, 1.807) is 6.92 Å². The molecular weight excluding hydrogens is 351 g/mol. The molecule has 1 aromatic carbocycles. The van der Waals surface area contributed by atoms with Crippen LogP contribution in [0, 0.1) is 6.92 Å². The van der Waals surface area contributed by atoms with Crippen LogP contribution in [-0.4, -0.2) is 23.7 Å². The van der Waals surface area contributed by atoms with E-state index in [0.29, 0.717) is 18.8 Å². The van der Waals surface area contributed by atoms with Crippen molar-refractivity contribution in [3.8, 4) is 5.75 Å². The Morgan fingerprint density at radius 3 is 2.65 bits per heavy atom. The predicted molar refractivity (Wildman–Crippen MR) is 90.2 cm³/mol. The molecular formula is C17H20F3N3O3. The summed E-state index contributed by atoms with van der Waals surface area (Å²) in [4.78, 5) is 12.2. The summed E-state index contributed by atoms with van der Waals surface area (Å²) in [5.74, 6) is 0.524. The molecule has 1 amide bonds. The lowest BCUT2D eigenvalue weighted by molar-refractivity contribution is -0.137. The molecule has 1 unspecified atom stereocenters. The zero-order valence-corrected chi connectivity index (χ0v) is 14.6. The molecule has 0 spiro atoms. The van der Waals surface area contributed by atoms with Crippen LogP contribution < -0.4 is 15.4 Å². The lowest BCUT2D eigenvalue weighted by Gasteiger charge is -2.19. The number of carbonyl (C=O) groups is 1. The fourth-order valence-electron chi connectivity index (χ4n) is 2.12. The highest BCUT2D eigenvalue weighted by Gasteiger charge is 2.31. The second kappa shape index (κ2) is 8.11. The number of anilines is 2. The number of benzene rings is 1. The summed E-state index contributed by atoms with van der Waals surface area (Å²) in [7, 11) is 0. The fourth-order valence-corrected chi connectivity index (χ4v) is 2.12. The number of rotatable bonds is 7. The zero-order valence-electron chi connectivity index (χ0n) is 14.6. The average Bonchev–Trinajstić information content (AvgIpc) is 2.97. The first-order valence-corrected chi connectivity index (χ1v) is 8.05. The average molecular weight is 371 g/mol. The molecule has 6 nitrogen and oxygen atoms in total. The fraction of sp³-hybridized carbons (Fsp3) is 0.412. The highest BCUT2D eigenvalue weighted by Crippen LogP contribution is 2.35. The molecule has 0 aliphatic rings. The SMILES string of the molecule is CCCOc1ccc(C(F)(F)F)cc1NC(C)C(=O)Nc1cc(C)on1. The maximum atomic E-state index is 13.0. The van der Waals surface area contributed by atoms with Crippen molar-refractivity contribution in [1.82, 2.24) is 5.16 Å². The monoisotopic (exact) mass is 371 g/mol. The Bertz CT molecular complexity index is 759. The van der Waals surface area contributed by atoms with Gasteiger partial charge in [0.25, 0.3) is 0 Å². The van der Waals surface area contributed by atoms with Crippen LogP contribution in [-0.2, 0) is 11.0 Å². The number of carbonyl (C=O) groups excluding carboxylic acids is 1. The van der Waals surface area contributed by atoms with Gasteiger partial charge in [-0.05, 0) is 38.5 Å². The van der Waals surface area contributed by atoms with Crippen molar-refractivity contribution in [3.05, 3.63) is 35.6 Å². The molecule has 2 rings (SSSR count). The molecule has 0 aliphatic heterocycles. The molecule has 9 heteroatoms. The Labute approximate surface area is 148 Å². The summed E-state index contributed by atoms with van der Waals surface area (Å²) in [5.41, 5.74) is -0.740. The third-order valence-electron chi connectivity index (χ3n) is 3.41. The minimum Gasteiger partial charge on any atom is -0.491 e. The van der Waals surface area contributed by atoms with Crippen LogP contribution in [0.15, 0.2) is 28.8 Å². The number of hydrogen-bond donors (Lipinski definition) is 2. The van der Waals surface area contributed by atoms with Gasteiger partial charge in [-0.15, -0.1) is 0 Å². The summed E-state index contributed by atoms with van der Waals surface area (Å²) in [5, 5.41) is 8.93. The summed E-state index contributed by atoms with van der Waals surface area (Å²) in [6.45, 7) is 5.42. The van der Waals surface area contributed by atoms with Crippen LogP contribution in [0.2, 0.25) is 0 Å². The maximum absolute atomic E-state index is 13.0. The summed E-state index contributed by atoms with van der Waals surface area (Å²) >= 11 is 0. The highest BCUT2D eigenvalue weighted by molar-refractivity contribution is 5.95. The van der Waals surface area contributed by atoms with Crippen molar-refractivity contribution in [2.75, 3.05) is 17.2 Å². The molecule has 26 heavy (non-hydrogen) atoms. The first-order valence-electron chi connectivity index (χ1n) is 8.05. The number of amides is 1. The van der Waals surface area contributed by atoms with E-state index in [0.717, 1.165) is 12.1 Å². The molecule has 0 saturated carbocycles. The topological polar surface area (TPSA) is 76.4 Å². The Morgan fingerprint density at radius 2 is 2.08 bits per heavy atom. The Balaban J connectivity index is 2.17. The van der Waals surface area contributed by atoms with Gasteiger partial charge in [-0.25, -0.2) is 0 Å². The minimum absolute atomic E-state index is 0.0901. The van der Waals surface area contributed by atoms with Crippen LogP contribution >= 0.6 is 0 Å². The number of halogens is 3. The third-order valence-corrected chi connectivity index (χ3v) is 3.41. The smallest absolute Gasteiger partial charge is 0.416 e. The van der Waals surface area contributed by atoms with Gasteiger partial charge in [0, 0.05) is 6.07 Å². The number of aromatic nitrogens is 1. The summed E-state index contributed by atoms with van der Waals surface area (Å²) in [6, 6.07) is 3.81. The van der Waals surface area contributed by atoms with Crippen molar-refractivity contribution >= 4 is 17.4 Å². The van der Waals surface area contributed by atoms with Crippen LogP contribution in [0.5, 0.6) is 5.75 Å². The lowest BCUT2D eigenvalue weighted by Crippen LogP contribution is -2.32. The van der Waals surface area contributed by atoms with Gasteiger partial charge in [-0.1, -0.05) is 12.1 Å². The van der Waals surface area contributed by atoms with Crippen molar-refractivity contribution < 1.29 is 27.2 Å². The third kappa shape index (κ3) is 5.14. The van der Waals surface area contributed by atoms with Gasteiger partial charge in [0.05, 0.1) is 17.9 Å². The van der Waals surface area contributed by atoms with Crippen molar-refractivity contribution in [1.29, 1.82) is 0 Å². The number of aryl methyl sites for hydroxylation is 1. The molecule has 2 N–H and O–H groups in total. The van der Waals surface area contributed by atoms with Crippen LogP contribution in [0.3, 0.4) is 0 Å². The van der Waals surface area contributed by atoms with Gasteiger partial charge in [0.1, 0.15) is 17.6 Å². The number of nitrogens with zero attached hydrogens (tertiary/aromatic N) is 1. The molecule has 1 heterocycles. The molecule has 0 saturated heterocycles. The van der Waals surface area contributed by atoms with Gasteiger partial charge in [-0.2, -0.15) is 13.2 Å². The van der Waals surface area contributed by atoms with Crippen LogP contribution in [0.4, 0.5) is 24.7 Å². The molecule has 0 aliphatic carbocycles. The second-order valence-electron chi connectivity index (χ2n) is 5.74. The van der Waals surface area contributed by atoms with Crippen LogP contribution in [0.1, 0.15) is 31.6 Å². The maximum Gasteiger partial charge on any atom is 0.416 e. The largest absolute Gasteiger partial charge is 0.491 e. The van der Waals surface area contributed by atoms with E-state index in [1.165, 1.54) is 19.1 Å².